The van der Waals surface area contributed by atoms with Crippen molar-refractivity contribution in [3.05, 3.63) is 59.9 Å². The second-order valence-corrected chi connectivity index (χ2v) is 3.74. The second kappa shape index (κ2) is 5.50. The highest BCUT2D eigenvalue weighted by Gasteiger charge is 2.15. The van der Waals surface area contributed by atoms with E-state index in [1.807, 2.05) is 18.2 Å². The van der Waals surface area contributed by atoms with Gasteiger partial charge in [0, 0.05) is 24.5 Å². The number of hydrogen-bond donors (Lipinski definition) is 1. The summed E-state index contributed by atoms with van der Waals surface area (Å²) in [5, 5.41) is 3.07. The fourth-order valence-electron chi connectivity index (χ4n) is 1.72. The first-order chi connectivity index (χ1) is 8.31. The molecule has 1 unspecified atom stereocenters. The van der Waals surface area contributed by atoms with Crippen LogP contribution in [0.25, 0.3) is 0 Å². The summed E-state index contributed by atoms with van der Waals surface area (Å²) in [6, 6.07) is 8.55. The Morgan fingerprint density at radius 2 is 2.00 bits per heavy atom. The predicted octanol–water partition coefficient (Wildman–Crippen LogP) is 2.12. The topological polar surface area (TPSA) is 37.8 Å². The van der Waals surface area contributed by atoms with Crippen LogP contribution in [-0.4, -0.2) is 17.0 Å². The number of likely N-dealkylation sites (N-methyl/N-ethyl adjacent to an activating group) is 1. The second-order valence-electron chi connectivity index (χ2n) is 3.74. The Morgan fingerprint density at radius 1 is 1.18 bits per heavy atom. The molecule has 0 aromatic carbocycles. The van der Waals surface area contributed by atoms with E-state index in [-0.39, 0.29) is 11.9 Å². The van der Waals surface area contributed by atoms with Gasteiger partial charge in [0.2, 0.25) is 0 Å². The van der Waals surface area contributed by atoms with Crippen molar-refractivity contribution >= 4 is 0 Å². The summed E-state index contributed by atoms with van der Waals surface area (Å²) < 4.78 is 13.6. The minimum absolute atomic E-state index is 0.161. The minimum Gasteiger partial charge on any atom is -0.311 e. The van der Waals surface area contributed by atoms with Gasteiger partial charge in [-0.05, 0) is 31.3 Å². The molecule has 2 heterocycles. The number of rotatable bonds is 4. The van der Waals surface area contributed by atoms with Gasteiger partial charge in [-0.25, -0.2) is 4.39 Å². The van der Waals surface area contributed by atoms with E-state index in [9.17, 15) is 4.39 Å². The fraction of sp³-hybridized carbons (Fsp3) is 0.231. The highest BCUT2D eigenvalue weighted by molar-refractivity contribution is 5.15. The lowest BCUT2D eigenvalue weighted by atomic mass is 10.1. The molecule has 0 aliphatic heterocycles. The molecule has 4 heteroatoms. The molecule has 0 aliphatic rings. The molecule has 0 saturated carbocycles. The molecule has 2 aromatic rings. The summed E-state index contributed by atoms with van der Waals surface area (Å²) in [6.07, 6.45) is 3.95. The standard InChI is InChI=1S/C13H14FN3/c1-15-12(9-10-5-2-3-7-16-10)13-11(14)6-4-8-17-13/h2-8,12,15H,9H2,1H3. The largest absolute Gasteiger partial charge is 0.311 e. The molecule has 1 atom stereocenters. The summed E-state index contributed by atoms with van der Waals surface area (Å²) in [5.74, 6) is -0.289. The molecule has 0 bridgehead atoms. The zero-order valence-electron chi connectivity index (χ0n) is 9.60. The van der Waals surface area contributed by atoms with Gasteiger partial charge in [0.15, 0.2) is 0 Å². The number of nitrogens with one attached hydrogen (secondary N) is 1. The normalized spacial score (nSPS) is 12.4. The third-order valence-corrected chi connectivity index (χ3v) is 2.60. The summed E-state index contributed by atoms with van der Waals surface area (Å²) in [6.45, 7) is 0. The zero-order valence-corrected chi connectivity index (χ0v) is 9.60. The smallest absolute Gasteiger partial charge is 0.146 e. The molecule has 3 nitrogen and oxygen atoms in total. The van der Waals surface area contributed by atoms with E-state index in [0.29, 0.717) is 12.1 Å². The summed E-state index contributed by atoms with van der Waals surface area (Å²) in [4.78, 5) is 8.31. The van der Waals surface area contributed by atoms with Crippen LogP contribution in [0.1, 0.15) is 17.4 Å². The summed E-state index contributed by atoms with van der Waals surface area (Å²) in [7, 11) is 1.79. The van der Waals surface area contributed by atoms with Gasteiger partial charge in [-0.3, -0.25) is 9.97 Å². The lowest BCUT2D eigenvalue weighted by Crippen LogP contribution is -2.21. The van der Waals surface area contributed by atoms with Gasteiger partial charge >= 0.3 is 0 Å². The van der Waals surface area contributed by atoms with E-state index in [1.165, 1.54) is 6.07 Å². The van der Waals surface area contributed by atoms with Crippen molar-refractivity contribution in [2.75, 3.05) is 7.05 Å². The Labute approximate surface area is 99.7 Å². The molecular weight excluding hydrogens is 217 g/mol. The van der Waals surface area contributed by atoms with E-state index >= 15 is 0 Å². The first-order valence-corrected chi connectivity index (χ1v) is 5.49. The third-order valence-electron chi connectivity index (χ3n) is 2.60. The Balaban J connectivity index is 2.21. The van der Waals surface area contributed by atoms with Crippen molar-refractivity contribution in [3.63, 3.8) is 0 Å². The Morgan fingerprint density at radius 3 is 2.65 bits per heavy atom. The van der Waals surface area contributed by atoms with E-state index in [1.54, 1.807) is 25.5 Å². The molecule has 2 aromatic heterocycles. The van der Waals surface area contributed by atoms with Crippen LogP contribution in [0.15, 0.2) is 42.7 Å². The molecule has 0 spiro atoms. The van der Waals surface area contributed by atoms with Crippen molar-refractivity contribution in [2.24, 2.45) is 0 Å². The molecule has 0 radical (unpaired) electrons. The molecule has 0 fully saturated rings. The van der Waals surface area contributed by atoms with E-state index in [0.717, 1.165) is 5.69 Å². The van der Waals surface area contributed by atoms with Crippen molar-refractivity contribution in [3.8, 4) is 0 Å². The van der Waals surface area contributed by atoms with Crippen LogP contribution in [0.5, 0.6) is 0 Å². The van der Waals surface area contributed by atoms with Crippen molar-refractivity contribution in [1.82, 2.24) is 15.3 Å². The van der Waals surface area contributed by atoms with E-state index in [2.05, 4.69) is 15.3 Å². The van der Waals surface area contributed by atoms with Crippen LogP contribution >= 0.6 is 0 Å². The number of hydrogen-bond acceptors (Lipinski definition) is 3. The number of pyridine rings is 2. The van der Waals surface area contributed by atoms with Crippen LogP contribution < -0.4 is 5.32 Å². The van der Waals surface area contributed by atoms with Gasteiger partial charge in [0.1, 0.15) is 5.82 Å². The maximum absolute atomic E-state index is 13.6. The lowest BCUT2D eigenvalue weighted by molar-refractivity contribution is 0.513. The molecule has 0 amide bonds. The summed E-state index contributed by atoms with van der Waals surface area (Å²) >= 11 is 0. The number of nitrogens with zero attached hydrogens (tertiary/aromatic N) is 2. The predicted molar refractivity (Wildman–Crippen MR) is 63.9 cm³/mol. The third kappa shape index (κ3) is 2.85. The first kappa shape index (κ1) is 11.7. The molecule has 17 heavy (non-hydrogen) atoms. The monoisotopic (exact) mass is 231 g/mol. The highest BCUT2D eigenvalue weighted by Crippen LogP contribution is 2.17. The van der Waals surface area contributed by atoms with Crippen LogP contribution in [0, 0.1) is 5.82 Å². The van der Waals surface area contributed by atoms with Crippen molar-refractivity contribution in [2.45, 2.75) is 12.5 Å². The number of halogens is 1. The zero-order chi connectivity index (χ0) is 12.1. The van der Waals surface area contributed by atoms with Gasteiger partial charge in [0.25, 0.3) is 0 Å². The van der Waals surface area contributed by atoms with Crippen LogP contribution in [0.2, 0.25) is 0 Å². The average Bonchev–Trinajstić information content (AvgIpc) is 2.38. The SMILES string of the molecule is CNC(Cc1ccccn1)c1ncccc1F. The van der Waals surface area contributed by atoms with Gasteiger partial charge in [-0.15, -0.1) is 0 Å². The molecule has 88 valence electrons. The molecule has 2 rings (SSSR count). The average molecular weight is 231 g/mol. The van der Waals surface area contributed by atoms with Crippen molar-refractivity contribution < 1.29 is 4.39 Å². The molecule has 0 aliphatic carbocycles. The summed E-state index contributed by atoms with van der Waals surface area (Å²) in [5.41, 5.74) is 1.34. The van der Waals surface area contributed by atoms with Gasteiger partial charge in [-0.2, -0.15) is 0 Å². The lowest BCUT2D eigenvalue weighted by Gasteiger charge is -2.15. The van der Waals surface area contributed by atoms with E-state index in [4.69, 9.17) is 0 Å². The van der Waals surface area contributed by atoms with Gasteiger partial charge in [-0.1, -0.05) is 6.07 Å². The molecule has 0 saturated heterocycles. The Bertz CT molecular complexity index is 473. The fourth-order valence-corrected chi connectivity index (χ4v) is 1.72. The van der Waals surface area contributed by atoms with Crippen LogP contribution in [0.3, 0.4) is 0 Å². The Hall–Kier alpha value is -1.81. The molecular formula is C13H14FN3. The maximum Gasteiger partial charge on any atom is 0.146 e. The van der Waals surface area contributed by atoms with E-state index < -0.39 is 0 Å². The van der Waals surface area contributed by atoms with Crippen molar-refractivity contribution in [1.29, 1.82) is 0 Å². The minimum atomic E-state index is -0.289. The molecule has 1 N–H and O–H groups in total. The highest BCUT2D eigenvalue weighted by atomic mass is 19.1. The Kier molecular flexibility index (Phi) is 3.77. The van der Waals surface area contributed by atoms with Crippen LogP contribution in [0.4, 0.5) is 4.39 Å². The maximum atomic E-state index is 13.6. The first-order valence-electron chi connectivity index (χ1n) is 5.49. The van der Waals surface area contributed by atoms with Gasteiger partial charge < -0.3 is 5.32 Å². The number of aromatic nitrogens is 2. The van der Waals surface area contributed by atoms with Crippen LogP contribution in [-0.2, 0) is 6.42 Å². The quantitative estimate of drug-likeness (QED) is 0.875. The van der Waals surface area contributed by atoms with Gasteiger partial charge in [0.05, 0.1) is 11.7 Å².